The molecule has 2 aromatic rings. The summed E-state index contributed by atoms with van der Waals surface area (Å²) in [5.74, 6) is -1.80. The van der Waals surface area contributed by atoms with Gasteiger partial charge in [0.15, 0.2) is 5.41 Å². The Morgan fingerprint density at radius 2 is 0.956 bits per heavy atom. The van der Waals surface area contributed by atoms with Crippen molar-refractivity contribution in [1.82, 2.24) is 0 Å². The van der Waals surface area contributed by atoms with Gasteiger partial charge in [0, 0.05) is 6.42 Å². The Morgan fingerprint density at radius 1 is 0.556 bits per heavy atom. The average Bonchev–Trinajstić information content (AvgIpc) is 3.06. The molecule has 6 nitrogen and oxygen atoms in total. The van der Waals surface area contributed by atoms with Gasteiger partial charge < -0.3 is 14.6 Å². The van der Waals surface area contributed by atoms with Crippen molar-refractivity contribution in [2.75, 3.05) is 0 Å². The number of hydrogen-bond acceptors (Lipinski definition) is 5. The van der Waals surface area contributed by atoms with E-state index in [2.05, 4.69) is 6.92 Å². The summed E-state index contributed by atoms with van der Waals surface area (Å²) in [7, 11) is 0. The fraction of sp³-hybridized carbons (Fsp3) is 0.615. The average molecular weight is 623 g/mol. The van der Waals surface area contributed by atoms with Gasteiger partial charge in [-0.1, -0.05) is 170 Å². The molecule has 0 aromatic heterocycles. The molecule has 1 N–H and O–H groups in total. The number of carbonyl (C=O) groups excluding carboxylic acids is 2. The van der Waals surface area contributed by atoms with Gasteiger partial charge in [-0.3, -0.25) is 14.4 Å². The molecule has 0 amide bonds. The van der Waals surface area contributed by atoms with Crippen LogP contribution in [-0.4, -0.2) is 23.0 Å². The smallest absolute Gasteiger partial charge is 0.323 e. The van der Waals surface area contributed by atoms with E-state index in [1.54, 1.807) is 0 Å². The molecule has 0 aliphatic heterocycles. The second-order valence-electron chi connectivity index (χ2n) is 12.5. The van der Waals surface area contributed by atoms with E-state index in [0.29, 0.717) is 32.3 Å². The van der Waals surface area contributed by atoms with Gasteiger partial charge in [0.05, 0.1) is 0 Å². The second-order valence-corrected chi connectivity index (χ2v) is 12.5. The van der Waals surface area contributed by atoms with Crippen LogP contribution in [0.3, 0.4) is 0 Å². The molecular formula is C39H58O6. The van der Waals surface area contributed by atoms with E-state index < -0.39 is 17.4 Å². The van der Waals surface area contributed by atoms with Crippen LogP contribution in [0.2, 0.25) is 0 Å². The number of benzene rings is 2. The first-order valence-corrected chi connectivity index (χ1v) is 17.6. The summed E-state index contributed by atoms with van der Waals surface area (Å²) >= 11 is 0. The van der Waals surface area contributed by atoms with E-state index in [1.165, 1.54) is 38.5 Å². The molecular weight excluding hydrogens is 564 g/mol. The molecule has 0 radical (unpaired) electrons. The monoisotopic (exact) mass is 622 g/mol. The van der Waals surface area contributed by atoms with Crippen LogP contribution in [0.1, 0.15) is 146 Å². The quantitative estimate of drug-likeness (QED) is 0.0606. The molecule has 45 heavy (non-hydrogen) atoms. The van der Waals surface area contributed by atoms with E-state index in [9.17, 15) is 19.5 Å². The Morgan fingerprint density at radius 3 is 1.40 bits per heavy atom. The molecule has 1 atom stereocenters. The topological polar surface area (TPSA) is 89.9 Å². The predicted octanol–water partition coefficient (Wildman–Crippen LogP) is 10.4. The fourth-order valence-corrected chi connectivity index (χ4v) is 5.80. The highest BCUT2D eigenvalue weighted by Gasteiger charge is 2.46. The van der Waals surface area contributed by atoms with Gasteiger partial charge in [0.25, 0.3) is 0 Å². The molecule has 0 unspecified atom stereocenters. The van der Waals surface area contributed by atoms with Crippen molar-refractivity contribution in [2.24, 2.45) is 5.41 Å². The van der Waals surface area contributed by atoms with Gasteiger partial charge >= 0.3 is 17.9 Å². The maximum Gasteiger partial charge on any atom is 0.323 e. The number of carboxylic acid groups (broad SMARTS) is 1. The Bertz CT molecular complexity index is 1050. The van der Waals surface area contributed by atoms with Crippen LogP contribution in [0.4, 0.5) is 0 Å². The lowest BCUT2D eigenvalue weighted by molar-refractivity contribution is -0.171. The molecule has 0 bridgehead atoms. The molecule has 0 fully saturated rings. The molecule has 0 heterocycles. The van der Waals surface area contributed by atoms with E-state index >= 15 is 0 Å². The molecule has 0 aliphatic carbocycles. The van der Waals surface area contributed by atoms with Gasteiger partial charge in [0.1, 0.15) is 13.2 Å². The highest BCUT2D eigenvalue weighted by atomic mass is 16.5. The third-order valence-corrected chi connectivity index (χ3v) is 8.70. The fourth-order valence-electron chi connectivity index (χ4n) is 5.80. The summed E-state index contributed by atoms with van der Waals surface area (Å²) < 4.78 is 11.0. The predicted molar refractivity (Wildman–Crippen MR) is 181 cm³/mol. The van der Waals surface area contributed by atoms with Crippen LogP contribution >= 0.6 is 0 Å². The number of hydrogen-bond donors (Lipinski definition) is 1. The van der Waals surface area contributed by atoms with Crippen molar-refractivity contribution < 1.29 is 29.0 Å². The number of carboxylic acids is 1. The summed E-state index contributed by atoms with van der Waals surface area (Å²) in [5.41, 5.74) is 0.377. The first-order valence-electron chi connectivity index (χ1n) is 17.6. The lowest BCUT2D eigenvalue weighted by Crippen LogP contribution is -2.41. The minimum atomic E-state index is -1.48. The molecule has 0 saturated heterocycles. The Hall–Kier alpha value is -3.15. The van der Waals surface area contributed by atoms with Crippen LogP contribution in [0.25, 0.3) is 0 Å². The van der Waals surface area contributed by atoms with Crippen LogP contribution in [0.15, 0.2) is 60.7 Å². The zero-order valence-corrected chi connectivity index (χ0v) is 27.8. The van der Waals surface area contributed by atoms with Gasteiger partial charge in [-0.2, -0.15) is 0 Å². The van der Waals surface area contributed by atoms with E-state index in [4.69, 9.17) is 9.47 Å². The SMILES string of the molecule is CCCCCCCCCCC[C@@](CCCCCCCCCCC(=O)OCc1ccccc1)(C(=O)O)C(=O)OCc1ccccc1. The molecule has 2 rings (SSSR count). The molecule has 0 aliphatic rings. The lowest BCUT2D eigenvalue weighted by atomic mass is 9.77. The van der Waals surface area contributed by atoms with Crippen molar-refractivity contribution in [1.29, 1.82) is 0 Å². The lowest BCUT2D eigenvalue weighted by Gasteiger charge is -2.27. The summed E-state index contributed by atoms with van der Waals surface area (Å²) in [6.45, 7) is 2.64. The minimum Gasteiger partial charge on any atom is -0.480 e. The van der Waals surface area contributed by atoms with Gasteiger partial charge in [0.2, 0.25) is 0 Å². The van der Waals surface area contributed by atoms with Crippen molar-refractivity contribution in [2.45, 2.75) is 149 Å². The Kier molecular flexibility index (Phi) is 20.4. The summed E-state index contributed by atoms with van der Waals surface area (Å²) in [5, 5.41) is 10.3. The van der Waals surface area contributed by atoms with Crippen molar-refractivity contribution in [3.8, 4) is 0 Å². The van der Waals surface area contributed by atoms with Crippen LogP contribution < -0.4 is 0 Å². The number of esters is 2. The van der Waals surface area contributed by atoms with Crippen LogP contribution in [0, 0.1) is 5.41 Å². The minimum absolute atomic E-state index is 0.0945. The first-order chi connectivity index (χ1) is 22.0. The van der Waals surface area contributed by atoms with E-state index in [-0.39, 0.29) is 12.6 Å². The van der Waals surface area contributed by atoms with Gasteiger partial charge in [-0.05, 0) is 30.4 Å². The largest absolute Gasteiger partial charge is 0.480 e. The number of aliphatic carboxylic acids is 1. The normalized spacial score (nSPS) is 12.4. The number of ether oxygens (including phenoxy) is 2. The first kappa shape index (κ1) is 38.0. The van der Waals surface area contributed by atoms with Gasteiger partial charge in [-0.25, -0.2) is 0 Å². The molecule has 250 valence electrons. The molecule has 0 spiro atoms. The molecule has 6 heteroatoms. The zero-order valence-electron chi connectivity index (χ0n) is 27.8. The second kappa shape index (κ2) is 24.1. The summed E-state index contributed by atoms with van der Waals surface area (Å²) in [6, 6.07) is 19.2. The third-order valence-electron chi connectivity index (χ3n) is 8.70. The third kappa shape index (κ3) is 16.7. The van der Waals surface area contributed by atoms with Crippen molar-refractivity contribution in [3.63, 3.8) is 0 Å². The number of rotatable bonds is 27. The van der Waals surface area contributed by atoms with Crippen molar-refractivity contribution in [3.05, 3.63) is 71.8 Å². The van der Waals surface area contributed by atoms with Crippen LogP contribution in [-0.2, 0) is 37.1 Å². The molecule has 2 aromatic carbocycles. The Balaban J connectivity index is 1.69. The summed E-state index contributed by atoms with van der Waals surface area (Å²) in [6.07, 6.45) is 19.0. The molecule has 0 saturated carbocycles. The number of unbranched alkanes of at least 4 members (excludes halogenated alkanes) is 15. The zero-order chi connectivity index (χ0) is 32.4. The van der Waals surface area contributed by atoms with Crippen molar-refractivity contribution >= 4 is 17.9 Å². The summed E-state index contributed by atoms with van der Waals surface area (Å²) in [4.78, 5) is 37.9. The Labute approximate surface area is 272 Å². The maximum absolute atomic E-state index is 13.3. The van der Waals surface area contributed by atoms with E-state index in [0.717, 1.165) is 75.3 Å². The number of carbonyl (C=O) groups is 3. The standard InChI is InChI=1S/C39H58O6/c1-2-3-4-5-6-8-11-14-23-30-39(37(41)42,38(43)45-33-35-27-20-17-21-28-35)31-24-15-12-9-7-10-13-22-29-36(40)44-32-34-25-18-16-19-26-34/h16-21,25-28H,2-15,22-24,29-33H2,1H3,(H,41,42)/t39-/m1/s1. The highest BCUT2D eigenvalue weighted by Crippen LogP contribution is 2.35. The van der Waals surface area contributed by atoms with E-state index in [1.807, 2.05) is 60.7 Å². The van der Waals surface area contributed by atoms with Gasteiger partial charge in [-0.15, -0.1) is 0 Å². The maximum atomic E-state index is 13.3. The highest BCUT2D eigenvalue weighted by molar-refractivity contribution is 5.99. The van der Waals surface area contributed by atoms with Crippen LogP contribution in [0.5, 0.6) is 0 Å².